The summed E-state index contributed by atoms with van der Waals surface area (Å²) in [5, 5.41) is 4.70. The maximum Gasteiger partial charge on any atom is 0.181 e. The van der Waals surface area contributed by atoms with Crippen LogP contribution in [-0.4, -0.2) is 14.8 Å². The highest BCUT2D eigenvalue weighted by Crippen LogP contribution is 2.29. The van der Waals surface area contributed by atoms with E-state index in [9.17, 15) is 0 Å². The van der Waals surface area contributed by atoms with E-state index in [1.165, 1.54) is 16.7 Å². The van der Waals surface area contributed by atoms with Crippen molar-refractivity contribution in [2.24, 2.45) is 0 Å². The summed E-state index contributed by atoms with van der Waals surface area (Å²) >= 11 is 0. The lowest BCUT2D eigenvalue weighted by Crippen LogP contribution is -2.11. The van der Waals surface area contributed by atoms with Crippen LogP contribution in [0.25, 0.3) is 22.8 Å². The molecular formula is C18H17N3. The number of rotatable bonds is 2. The number of aromatic nitrogens is 3. The minimum atomic E-state index is 0.831. The first kappa shape index (κ1) is 12.3. The van der Waals surface area contributed by atoms with Crippen LogP contribution in [0.3, 0.4) is 0 Å². The minimum Gasteiger partial charge on any atom is -0.245 e. The normalized spacial score (nSPS) is 12.8. The van der Waals surface area contributed by atoms with Crippen LogP contribution in [0.15, 0.2) is 48.5 Å². The highest BCUT2D eigenvalue weighted by molar-refractivity contribution is 5.66. The topological polar surface area (TPSA) is 30.7 Å². The highest BCUT2D eigenvalue weighted by Gasteiger charge is 2.20. The Kier molecular flexibility index (Phi) is 2.85. The van der Waals surface area contributed by atoms with Gasteiger partial charge in [0, 0.05) is 17.7 Å². The fourth-order valence-corrected chi connectivity index (χ4v) is 2.93. The van der Waals surface area contributed by atoms with Gasteiger partial charge in [0.1, 0.15) is 0 Å². The number of nitrogens with zero attached hydrogens (tertiary/aromatic N) is 3. The van der Waals surface area contributed by atoms with Crippen molar-refractivity contribution in [1.82, 2.24) is 14.8 Å². The second-order valence-corrected chi connectivity index (χ2v) is 5.44. The maximum atomic E-state index is 4.79. The van der Waals surface area contributed by atoms with E-state index in [1.807, 2.05) is 4.68 Å². The lowest BCUT2D eigenvalue weighted by Gasteiger charge is -2.15. The Morgan fingerprint density at radius 1 is 1.10 bits per heavy atom. The Morgan fingerprint density at radius 2 is 2.00 bits per heavy atom. The third-order valence-corrected chi connectivity index (χ3v) is 4.12. The average Bonchev–Trinajstić information content (AvgIpc) is 2.99. The van der Waals surface area contributed by atoms with Crippen molar-refractivity contribution in [1.29, 1.82) is 0 Å². The average molecular weight is 275 g/mol. The largest absolute Gasteiger partial charge is 0.245 e. The Labute approximate surface area is 124 Å². The molecule has 0 radical (unpaired) electrons. The Hall–Kier alpha value is -2.42. The first-order valence-corrected chi connectivity index (χ1v) is 7.47. The van der Waals surface area contributed by atoms with Crippen LogP contribution in [0.1, 0.15) is 18.1 Å². The highest BCUT2D eigenvalue weighted by atomic mass is 15.3. The summed E-state index contributed by atoms with van der Waals surface area (Å²) < 4.78 is 2.04. The summed E-state index contributed by atoms with van der Waals surface area (Å²) in [6.45, 7) is 3.08. The maximum absolute atomic E-state index is 4.79. The van der Waals surface area contributed by atoms with E-state index in [0.717, 1.165) is 36.6 Å². The molecule has 1 aliphatic heterocycles. The van der Waals surface area contributed by atoms with E-state index < -0.39 is 0 Å². The molecule has 4 rings (SSSR count). The first-order valence-electron chi connectivity index (χ1n) is 7.47. The zero-order chi connectivity index (χ0) is 14.2. The van der Waals surface area contributed by atoms with Crippen molar-refractivity contribution in [2.45, 2.75) is 26.3 Å². The number of benzene rings is 2. The zero-order valence-corrected chi connectivity index (χ0v) is 12.1. The van der Waals surface area contributed by atoms with Gasteiger partial charge in [-0.25, -0.2) is 9.67 Å². The molecular weight excluding hydrogens is 258 g/mol. The molecule has 21 heavy (non-hydrogen) atoms. The first-order chi connectivity index (χ1) is 10.3. The molecule has 3 nitrogen and oxygen atoms in total. The number of hydrogen-bond acceptors (Lipinski definition) is 2. The molecule has 0 unspecified atom stereocenters. The van der Waals surface area contributed by atoms with Crippen LogP contribution in [-0.2, 0) is 19.4 Å². The molecule has 104 valence electrons. The fraction of sp³-hybridized carbons (Fsp3) is 0.222. The van der Waals surface area contributed by atoms with Crippen LogP contribution >= 0.6 is 0 Å². The summed E-state index contributed by atoms with van der Waals surface area (Å²) in [5.74, 6) is 1.82. The zero-order valence-electron chi connectivity index (χ0n) is 12.1. The molecule has 3 aromatic rings. The Balaban J connectivity index is 1.83. The van der Waals surface area contributed by atoms with Gasteiger partial charge in [-0.05, 0) is 30.0 Å². The molecule has 2 heterocycles. The number of hydrogen-bond donors (Lipinski definition) is 0. The van der Waals surface area contributed by atoms with E-state index in [2.05, 4.69) is 55.5 Å². The van der Waals surface area contributed by atoms with Gasteiger partial charge in [-0.1, -0.05) is 49.4 Å². The molecule has 0 amide bonds. The number of aryl methyl sites for hydroxylation is 3. The molecule has 2 aromatic carbocycles. The van der Waals surface area contributed by atoms with E-state index in [-0.39, 0.29) is 0 Å². The molecule has 0 fully saturated rings. The van der Waals surface area contributed by atoms with Gasteiger partial charge in [0.2, 0.25) is 0 Å². The molecule has 0 aliphatic carbocycles. The third-order valence-electron chi connectivity index (χ3n) is 4.12. The van der Waals surface area contributed by atoms with Crippen LogP contribution in [0.5, 0.6) is 0 Å². The van der Waals surface area contributed by atoms with Crippen molar-refractivity contribution < 1.29 is 0 Å². The molecule has 0 N–H and O–H groups in total. The molecule has 1 aromatic heterocycles. The van der Waals surface area contributed by atoms with Crippen molar-refractivity contribution >= 4 is 0 Å². The molecule has 0 saturated heterocycles. The van der Waals surface area contributed by atoms with Crippen LogP contribution in [0, 0.1) is 0 Å². The fourth-order valence-electron chi connectivity index (χ4n) is 2.93. The second-order valence-electron chi connectivity index (χ2n) is 5.44. The molecule has 1 aliphatic rings. The SMILES string of the molecule is CCc1cccc(-c2nc3n(n2)CCc2ccccc2-3)c1. The van der Waals surface area contributed by atoms with Crippen molar-refractivity contribution in [3.05, 3.63) is 59.7 Å². The van der Waals surface area contributed by atoms with Crippen LogP contribution in [0.2, 0.25) is 0 Å². The Bertz CT molecular complexity index is 802. The summed E-state index contributed by atoms with van der Waals surface area (Å²) in [5.41, 5.74) is 5.01. The van der Waals surface area contributed by atoms with Crippen molar-refractivity contribution in [2.75, 3.05) is 0 Å². The van der Waals surface area contributed by atoms with Crippen LogP contribution < -0.4 is 0 Å². The van der Waals surface area contributed by atoms with Gasteiger partial charge in [0.25, 0.3) is 0 Å². The monoisotopic (exact) mass is 275 g/mol. The summed E-state index contributed by atoms with van der Waals surface area (Å²) in [7, 11) is 0. The van der Waals surface area contributed by atoms with Crippen molar-refractivity contribution in [3.63, 3.8) is 0 Å². The van der Waals surface area contributed by atoms with E-state index in [0.29, 0.717) is 0 Å². The van der Waals surface area contributed by atoms with E-state index in [4.69, 9.17) is 10.1 Å². The summed E-state index contributed by atoms with van der Waals surface area (Å²) in [4.78, 5) is 4.79. The number of fused-ring (bicyclic) bond motifs is 3. The predicted molar refractivity (Wildman–Crippen MR) is 84.0 cm³/mol. The van der Waals surface area contributed by atoms with Crippen molar-refractivity contribution in [3.8, 4) is 22.8 Å². The van der Waals surface area contributed by atoms with Gasteiger partial charge in [-0.3, -0.25) is 0 Å². The molecule has 0 spiro atoms. The van der Waals surface area contributed by atoms with E-state index >= 15 is 0 Å². The minimum absolute atomic E-state index is 0.831. The standard InChI is InChI=1S/C18H17N3/c1-2-13-6-5-8-15(12-13)17-19-18-16-9-4-3-7-14(16)10-11-21(18)20-17/h3-9,12H,2,10-11H2,1H3. The molecule has 0 atom stereocenters. The Morgan fingerprint density at radius 3 is 2.90 bits per heavy atom. The second kappa shape index (κ2) is 4.85. The predicted octanol–water partition coefficient (Wildman–Crippen LogP) is 3.73. The molecule has 0 bridgehead atoms. The van der Waals surface area contributed by atoms with Gasteiger partial charge in [0.15, 0.2) is 11.6 Å². The smallest absolute Gasteiger partial charge is 0.181 e. The summed E-state index contributed by atoms with van der Waals surface area (Å²) in [6, 6.07) is 17.0. The van der Waals surface area contributed by atoms with E-state index in [1.54, 1.807) is 0 Å². The lowest BCUT2D eigenvalue weighted by atomic mass is 10.0. The van der Waals surface area contributed by atoms with Gasteiger partial charge >= 0.3 is 0 Å². The van der Waals surface area contributed by atoms with Gasteiger partial charge in [-0.15, -0.1) is 0 Å². The molecule has 0 saturated carbocycles. The van der Waals surface area contributed by atoms with Gasteiger partial charge in [0.05, 0.1) is 0 Å². The van der Waals surface area contributed by atoms with Crippen LogP contribution in [0.4, 0.5) is 0 Å². The van der Waals surface area contributed by atoms with Gasteiger partial charge < -0.3 is 0 Å². The third kappa shape index (κ3) is 2.05. The summed E-state index contributed by atoms with van der Waals surface area (Å²) in [6.07, 6.45) is 2.06. The lowest BCUT2D eigenvalue weighted by molar-refractivity contribution is 0.607. The quantitative estimate of drug-likeness (QED) is 0.713. The molecule has 3 heteroatoms. The van der Waals surface area contributed by atoms with Gasteiger partial charge in [-0.2, -0.15) is 5.10 Å².